The number of benzene rings is 1. The number of hydrogen-bond donors (Lipinski definition) is 0. The molecule has 1 aromatic heterocycles. The van der Waals surface area contributed by atoms with Gasteiger partial charge in [-0.1, -0.05) is 37.8 Å². The number of nitrogens with zero attached hydrogens (tertiary/aromatic N) is 3. The molecule has 0 unspecified atom stereocenters. The molecule has 5 rings (SSSR count). The number of sulfone groups is 1. The lowest BCUT2D eigenvalue weighted by atomic mass is 9.92. The molecule has 6 nitrogen and oxygen atoms in total. The maximum absolute atomic E-state index is 13.7. The Balaban J connectivity index is 1.37. The van der Waals surface area contributed by atoms with Gasteiger partial charge in [0.1, 0.15) is 5.01 Å². The van der Waals surface area contributed by atoms with Crippen molar-refractivity contribution in [3.63, 3.8) is 0 Å². The summed E-state index contributed by atoms with van der Waals surface area (Å²) in [6.45, 7) is 1.27. The zero-order valence-electron chi connectivity index (χ0n) is 18.6. The Labute approximate surface area is 194 Å². The van der Waals surface area contributed by atoms with Gasteiger partial charge in [-0.2, -0.15) is 0 Å². The molecular formula is C24H33N3O3S2. The number of aromatic nitrogens is 1. The highest BCUT2D eigenvalue weighted by atomic mass is 32.2. The second-order valence-corrected chi connectivity index (χ2v) is 12.9. The number of likely N-dealkylation sites (tertiary alicyclic amines) is 1. The fourth-order valence-electron chi connectivity index (χ4n) is 5.81. The van der Waals surface area contributed by atoms with Crippen LogP contribution in [0, 0.1) is 0 Å². The van der Waals surface area contributed by atoms with E-state index in [4.69, 9.17) is 4.98 Å². The maximum atomic E-state index is 13.7. The third kappa shape index (κ3) is 4.73. The predicted octanol–water partition coefficient (Wildman–Crippen LogP) is 4.17. The molecule has 8 heteroatoms. The number of hydrogen-bond acceptors (Lipinski definition) is 6. The Hall–Kier alpha value is -1.51. The Bertz CT molecular complexity index is 1030. The lowest BCUT2D eigenvalue weighted by Gasteiger charge is -2.41. The van der Waals surface area contributed by atoms with Gasteiger partial charge in [0.25, 0.3) is 0 Å². The van der Waals surface area contributed by atoms with Gasteiger partial charge in [-0.05, 0) is 50.8 Å². The number of carbonyl (C=O) groups excluding carboxylic acids is 1. The lowest BCUT2D eigenvalue weighted by molar-refractivity contribution is -0.138. The summed E-state index contributed by atoms with van der Waals surface area (Å²) in [5.74, 6) is 0.468. The van der Waals surface area contributed by atoms with E-state index in [1.807, 2.05) is 17.0 Å². The van der Waals surface area contributed by atoms with Crippen molar-refractivity contribution in [1.82, 2.24) is 14.8 Å². The summed E-state index contributed by atoms with van der Waals surface area (Å²) in [6, 6.07) is 8.45. The van der Waals surface area contributed by atoms with Crippen LogP contribution in [0.15, 0.2) is 24.3 Å². The van der Waals surface area contributed by atoms with Gasteiger partial charge in [0.05, 0.1) is 34.3 Å². The summed E-state index contributed by atoms with van der Waals surface area (Å²) in [4.78, 5) is 22.9. The minimum Gasteiger partial charge on any atom is -0.335 e. The molecule has 3 heterocycles. The summed E-state index contributed by atoms with van der Waals surface area (Å²) >= 11 is 1.74. The molecule has 1 saturated carbocycles. The summed E-state index contributed by atoms with van der Waals surface area (Å²) < 4.78 is 25.6. The van der Waals surface area contributed by atoms with Gasteiger partial charge in [0, 0.05) is 12.1 Å². The maximum Gasteiger partial charge on any atom is 0.237 e. The van der Waals surface area contributed by atoms with E-state index in [0.29, 0.717) is 13.0 Å². The zero-order chi connectivity index (χ0) is 22.1. The minimum atomic E-state index is -3.03. The Morgan fingerprint density at radius 1 is 1.03 bits per heavy atom. The number of para-hydroxylation sites is 1. The summed E-state index contributed by atoms with van der Waals surface area (Å²) in [6.07, 6.45) is 9.34. The van der Waals surface area contributed by atoms with Crippen molar-refractivity contribution in [1.29, 1.82) is 0 Å². The Morgan fingerprint density at radius 2 is 1.81 bits per heavy atom. The lowest BCUT2D eigenvalue weighted by Crippen LogP contribution is -2.52. The van der Waals surface area contributed by atoms with E-state index in [0.717, 1.165) is 62.0 Å². The van der Waals surface area contributed by atoms with Crippen molar-refractivity contribution in [3.05, 3.63) is 29.3 Å². The molecule has 1 aliphatic carbocycles. The monoisotopic (exact) mass is 475 g/mol. The molecule has 0 radical (unpaired) electrons. The van der Waals surface area contributed by atoms with Crippen LogP contribution in [0.4, 0.5) is 0 Å². The Morgan fingerprint density at radius 3 is 2.56 bits per heavy atom. The van der Waals surface area contributed by atoms with E-state index in [1.165, 1.54) is 11.1 Å². The fraction of sp³-hybridized carbons (Fsp3) is 0.667. The van der Waals surface area contributed by atoms with E-state index in [9.17, 15) is 13.2 Å². The van der Waals surface area contributed by atoms with E-state index in [2.05, 4.69) is 17.0 Å². The average Bonchev–Trinajstić information content (AvgIpc) is 3.38. The average molecular weight is 476 g/mol. The van der Waals surface area contributed by atoms with Crippen LogP contribution in [0.1, 0.15) is 68.8 Å². The number of piperidine rings is 1. The smallest absolute Gasteiger partial charge is 0.237 e. The number of fused-ring (bicyclic) bond motifs is 1. The predicted molar refractivity (Wildman–Crippen MR) is 129 cm³/mol. The molecule has 1 amide bonds. The van der Waals surface area contributed by atoms with Crippen LogP contribution in [0.2, 0.25) is 0 Å². The molecule has 0 spiro atoms. The largest absolute Gasteiger partial charge is 0.335 e. The SMILES string of the molecule is O=C(CN1CCCC[C@@H]1c1nc2ccccc2s1)N(C1CCCCC1)[C@H]1CCS(=O)(=O)C1. The van der Waals surface area contributed by atoms with E-state index < -0.39 is 9.84 Å². The first-order chi connectivity index (χ1) is 15.5. The number of rotatable bonds is 5. The zero-order valence-corrected chi connectivity index (χ0v) is 20.2. The van der Waals surface area contributed by atoms with Gasteiger partial charge in [-0.25, -0.2) is 13.4 Å². The van der Waals surface area contributed by atoms with Crippen LogP contribution in [0.3, 0.4) is 0 Å². The number of carbonyl (C=O) groups is 1. The summed E-state index contributed by atoms with van der Waals surface area (Å²) in [7, 11) is -3.03. The summed E-state index contributed by atoms with van der Waals surface area (Å²) in [5, 5.41) is 1.10. The third-order valence-corrected chi connectivity index (χ3v) is 10.3. The Kier molecular flexibility index (Phi) is 6.54. The molecule has 1 aromatic carbocycles. The fourth-order valence-corrected chi connectivity index (χ4v) is 8.66. The van der Waals surface area contributed by atoms with E-state index >= 15 is 0 Å². The first kappa shape index (κ1) is 22.3. The van der Waals surface area contributed by atoms with Crippen LogP contribution in [0.5, 0.6) is 0 Å². The van der Waals surface area contributed by atoms with Gasteiger partial charge in [-0.15, -0.1) is 11.3 Å². The first-order valence-corrected chi connectivity index (χ1v) is 14.7. The van der Waals surface area contributed by atoms with Crippen LogP contribution >= 0.6 is 11.3 Å². The standard InChI is InChI=1S/C24H33N3O3S2/c28-23(27(18-8-2-1-3-9-18)19-13-15-32(29,30)17-19)16-26-14-7-6-11-21(26)24-25-20-10-4-5-12-22(20)31-24/h4-5,10,12,18-19,21H,1-3,6-9,11,13-17H2/t19-,21+/m0/s1. The van der Waals surface area contributed by atoms with Crippen molar-refractivity contribution in [3.8, 4) is 0 Å². The van der Waals surface area contributed by atoms with Crippen molar-refractivity contribution in [2.24, 2.45) is 0 Å². The summed E-state index contributed by atoms with van der Waals surface area (Å²) in [5.41, 5.74) is 1.03. The number of thiazole rings is 1. The van der Waals surface area contributed by atoms with Crippen molar-refractivity contribution >= 4 is 37.3 Å². The minimum absolute atomic E-state index is 0.118. The molecule has 2 aliphatic heterocycles. The van der Waals surface area contributed by atoms with Gasteiger partial charge < -0.3 is 4.90 Å². The van der Waals surface area contributed by atoms with Crippen LogP contribution < -0.4 is 0 Å². The van der Waals surface area contributed by atoms with E-state index in [1.54, 1.807) is 11.3 Å². The second kappa shape index (κ2) is 9.39. The highest BCUT2D eigenvalue weighted by Gasteiger charge is 2.39. The molecule has 3 fully saturated rings. The molecule has 3 aliphatic rings. The molecule has 2 saturated heterocycles. The molecule has 2 atom stereocenters. The van der Waals surface area contributed by atoms with E-state index in [-0.39, 0.29) is 35.5 Å². The molecular weight excluding hydrogens is 442 g/mol. The van der Waals surface area contributed by atoms with Gasteiger partial charge in [-0.3, -0.25) is 9.69 Å². The normalized spacial score (nSPS) is 27.0. The molecule has 174 valence electrons. The highest BCUT2D eigenvalue weighted by molar-refractivity contribution is 7.91. The number of amides is 1. The van der Waals surface area contributed by atoms with Crippen molar-refractivity contribution in [2.45, 2.75) is 75.9 Å². The molecule has 0 bridgehead atoms. The molecule has 32 heavy (non-hydrogen) atoms. The molecule has 2 aromatic rings. The quantitative estimate of drug-likeness (QED) is 0.649. The van der Waals surface area contributed by atoms with Crippen molar-refractivity contribution < 1.29 is 13.2 Å². The van der Waals surface area contributed by atoms with Crippen LogP contribution in [-0.2, 0) is 14.6 Å². The van der Waals surface area contributed by atoms with Crippen molar-refractivity contribution in [2.75, 3.05) is 24.6 Å². The van der Waals surface area contributed by atoms with Gasteiger partial charge in [0.15, 0.2) is 9.84 Å². The van der Waals surface area contributed by atoms with Gasteiger partial charge in [0.2, 0.25) is 5.91 Å². The topological polar surface area (TPSA) is 70.6 Å². The van der Waals surface area contributed by atoms with Crippen LogP contribution in [-0.4, -0.2) is 65.8 Å². The molecule has 0 N–H and O–H groups in total. The van der Waals surface area contributed by atoms with Crippen LogP contribution in [0.25, 0.3) is 10.2 Å². The first-order valence-electron chi connectivity index (χ1n) is 12.1. The van der Waals surface area contributed by atoms with Gasteiger partial charge >= 0.3 is 0 Å². The third-order valence-electron chi connectivity index (χ3n) is 7.41. The highest BCUT2D eigenvalue weighted by Crippen LogP contribution is 2.36. The second-order valence-electron chi connectivity index (χ2n) is 9.65.